The van der Waals surface area contributed by atoms with Crippen LogP contribution in [0.15, 0.2) is 42.6 Å². The van der Waals surface area contributed by atoms with Crippen LogP contribution in [0.5, 0.6) is 0 Å². The lowest BCUT2D eigenvalue weighted by atomic mass is 10.1. The Morgan fingerprint density at radius 3 is 2.96 bits per heavy atom. The number of hydroxylamine groups is 2. The number of aromatic nitrogens is 3. The van der Waals surface area contributed by atoms with E-state index in [1.165, 1.54) is 5.06 Å². The number of aromatic amines is 1. The molecular weight excluding hydrogens is 358 g/mol. The summed E-state index contributed by atoms with van der Waals surface area (Å²) in [6, 6.07) is 11.4. The van der Waals surface area contributed by atoms with Crippen LogP contribution in [-0.2, 0) is 16.2 Å². The molecular formula is C20H21N5O3. The summed E-state index contributed by atoms with van der Waals surface area (Å²) < 4.78 is 1.86. The maximum Gasteiger partial charge on any atom is 0.270 e. The number of H-pyrrole nitrogens is 1. The summed E-state index contributed by atoms with van der Waals surface area (Å²) in [6.07, 6.45) is 2.83. The summed E-state index contributed by atoms with van der Waals surface area (Å²) >= 11 is 0. The first-order valence-corrected chi connectivity index (χ1v) is 9.52. The first-order chi connectivity index (χ1) is 13.7. The van der Waals surface area contributed by atoms with E-state index in [2.05, 4.69) is 10.1 Å². The highest BCUT2D eigenvalue weighted by molar-refractivity contribution is 5.98. The van der Waals surface area contributed by atoms with Crippen molar-refractivity contribution in [1.29, 1.82) is 0 Å². The molecule has 5 rings (SSSR count). The molecule has 1 fully saturated rings. The molecule has 1 saturated heterocycles. The molecule has 1 aromatic carbocycles. The Hall–Kier alpha value is -3.13. The topological polar surface area (TPSA) is 83.5 Å². The molecule has 0 aliphatic carbocycles. The first-order valence-electron chi connectivity index (χ1n) is 9.52. The number of nitrogens with one attached hydrogen (secondary N) is 1. The molecule has 1 N–H and O–H groups in total. The quantitative estimate of drug-likeness (QED) is 0.756. The number of benzene rings is 1. The van der Waals surface area contributed by atoms with Gasteiger partial charge in [0.05, 0.1) is 37.9 Å². The molecule has 0 bridgehead atoms. The minimum absolute atomic E-state index is 0.0659. The van der Waals surface area contributed by atoms with Gasteiger partial charge in [0.2, 0.25) is 5.91 Å². The maximum absolute atomic E-state index is 13.1. The van der Waals surface area contributed by atoms with Gasteiger partial charge >= 0.3 is 0 Å². The number of para-hydroxylation sites is 1. The van der Waals surface area contributed by atoms with Crippen molar-refractivity contribution in [2.24, 2.45) is 0 Å². The van der Waals surface area contributed by atoms with Crippen LogP contribution >= 0.6 is 0 Å². The molecule has 0 spiro atoms. The minimum atomic E-state index is -0.205. The number of fused-ring (bicyclic) bond motifs is 2. The lowest BCUT2D eigenvalue weighted by molar-refractivity contribution is -0.169. The van der Waals surface area contributed by atoms with Gasteiger partial charge in [-0.05, 0) is 24.6 Å². The van der Waals surface area contributed by atoms with E-state index in [1.54, 1.807) is 11.1 Å². The van der Waals surface area contributed by atoms with E-state index in [0.29, 0.717) is 31.9 Å². The Kier molecular flexibility index (Phi) is 4.12. The number of carbonyl (C=O) groups excluding carboxylic acids is 2. The van der Waals surface area contributed by atoms with Crippen LogP contribution in [0.4, 0.5) is 0 Å². The van der Waals surface area contributed by atoms with E-state index < -0.39 is 0 Å². The zero-order chi connectivity index (χ0) is 19.1. The number of rotatable bonds is 3. The Bertz CT molecular complexity index is 1000. The minimum Gasteiger partial charge on any atom is -0.351 e. The third kappa shape index (κ3) is 2.95. The Morgan fingerprint density at radius 1 is 1.25 bits per heavy atom. The summed E-state index contributed by atoms with van der Waals surface area (Å²) in [5, 5.41) is 6.82. The van der Waals surface area contributed by atoms with Crippen LogP contribution in [0.2, 0.25) is 0 Å². The lowest BCUT2D eigenvalue weighted by Gasteiger charge is -2.34. The van der Waals surface area contributed by atoms with E-state index in [9.17, 15) is 9.59 Å². The van der Waals surface area contributed by atoms with Gasteiger partial charge in [0.1, 0.15) is 5.69 Å². The SMILES string of the molecule is O=C(c1cc2ccccc2[nH]1)N1Cc2ccnn2[C@H](CC(=O)N2CCCO2)C1. The molecule has 8 heteroatoms. The van der Waals surface area contributed by atoms with Gasteiger partial charge in [-0.2, -0.15) is 5.10 Å². The zero-order valence-electron chi connectivity index (χ0n) is 15.4. The van der Waals surface area contributed by atoms with Crippen molar-refractivity contribution < 1.29 is 14.4 Å². The molecule has 0 unspecified atom stereocenters. The van der Waals surface area contributed by atoms with Crippen LogP contribution in [0, 0.1) is 0 Å². The fraction of sp³-hybridized carbons (Fsp3) is 0.350. The maximum atomic E-state index is 13.1. The average Bonchev–Trinajstić information content (AvgIpc) is 3.46. The van der Waals surface area contributed by atoms with E-state index in [1.807, 2.05) is 41.1 Å². The van der Waals surface area contributed by atoms with Crippen molar-refractivity contribution in [2.75, 3.05) is 19.7 Å². The van der Waals surface area contributed by atoms with Crippen LogP contribution in [0.25, 0.3) is 10.9 Å². The Morgan fingerprint density at radius 2 is 2.14 bits per heavy atom. The second kappa shape index (κ2) is 6.79. The van der Waals surface area contributed by atoms with Crippen molar-refractivity contribution in [2.45, 2.75) is 25.4 Å². The Balaban J connectivity index is 1.38. The summed E-state index contributed by atoms with van der Waals surface area (Å²) in [5.74, 6) is -0.137. The highest BCUT2D eigenvalue weighted by Gasteiger charge is 2.32. The molecule has 28 heavy (non-hydrogen) atoms. The second-order valence-electron chi connectivity index (χ2n) is 7.26. The van der Waals surface area contributed by atoms with Crippen molar-refractivity contribution in [1.82, 2.24) is 24.7 Å². The van der Waals surface area contributed by atoms with Gasteiger partial charge in [-0.15, -0.1) is 0 Å². The van der Waals surface area contributed by atoms with E-state index in [4.69, 9.17) is 4.84 Å². The molecule has 2 aliphatic heterocycles. The molecule has 2 aromatic heterocycles. The van der Waals surface area contributed by atoms with Gasteiger partial charge in [0, 0.05) is 23.6 Å². The first kappa shape index (κ1) is 17.0. The third-order valence-corrected chi connectivity index (χ3v) is 5.37. The fourth-order valence-electron chi connectivity index (χ4n) is 4.00. The molecule has 0 radical (unpaired) electrons. The summed E-state index contributed by atoms with van der Waals surface area (Å²) in [4.78, 5) is 36.0. The van der Waals surface area contributed by atoms with E-state index in [0.717, 1.165) is 23.0 Å². The number of hydrogen-bond donors (Lipinski definition) is 1. The highest BCUT2D eigenvalue weighted by Crippen LogP contribution is 2.26. The van der Waals surface area contributed by atoms with E-state index in [-0.39, 0.29) is 24.3 Å². The van der Waals surface area contributed by atoms with Gasteiger partial charge in [-0.25, -0.2) is 5.06 Å². The number of carbonyl (C=O) groups is 2. The van der Waals surface area contributed by atoms with Gasteiger partial charge in [-0.1, -0.05) is 18.2 Å². The molecule has 144 valence electrons. The molecule has 2 aliphatic rings. The molecule has 8 nitrogen and oxygen atoms in total. The van der Waals surface area contributed by atoms with Gasteiger partial charge in [0.25, 0.3) is 5.91 Å². The predicted molar refractivity (Wildman–Crippen MR) is 101 cm³/mol. The average molecular weight is 379 g/mol. The largest absolute Gasteiger partial charge is 0.351 e. The standard InChI is InChI=1S/C20H21N5O3/c26-19(24-8-3-9-28-24)11-16-13-23(12-15-6-7-21-25(15)16)20(27)18-10-14-4-1-2-5-17(14)22-18/h1-2,4-7,10,16,22H,3,8-9,11-13H2/t16-/m1/s1. The van der Waals surface area contributed by atoms with Crippen molar-refractivity contribution in [3.8, 4) is 0 Å². The number of amides is 2. The molecule has 1 atom stereocenters. The monoisotopic (exact) mass is 379 g/mol. The smallest absolute Gasteiger partial charge is 0.270 e. The van der Waals surface area contributed by atoms with Crippen molar-refractivity contribution in [3.05, 3.63) is 54.0 Å². The molecule has 2 amide bonds. The normalized spacial score (nSPS) is 19.2. The van der Waals surface area contributed by atoms with Gasteiger partial charge in [0.15, 0.2) is 0 Å². The fourth-order valence-corrected chi connectivity index (χ4v) is 4.00. The summed E-state index contributed by atoms with van der Waals surface area (Å²) in [7, 11) is 0. The van der Waals surface area contributed by atoms with Crippen LogP contribution in [-0.4, -0.2) is 56.2 Å². The van der Waals surface area contributed by atoms with Gasteiger partial charge < -0.3 is 9.88 Å². The number of nitrogens with zero attached hydrogens (tertiary/aromatic N) is 4. The molecule has 0 saturated carbocycles. The third-order valence-electron chi connectivity index (χ3n) is 5.37. The Labute approximate surface area is 161 Å². The second-order valence-corrected chi connectivity index (χ2v) is 7.26. The van der Waals surface area contributed by atoms with Crippen molar-refractivity contribution >= 4 is 22.7 Å². The van der Waals surface area contributed by atoms with Crippen LogP contribution in [0.3, 0.4) is 0 Å². The lowest BCUT2D eigenvalue weighted by Crippen LogP contribution is -2.43. The summed E-state index contributed by atoms with van der Waals surface area (Å²) in [6.45, 7) is 2.10. The summed E-state index contributed by atoms with van der Waals surface area (Å²) in [5.41, 5.74) is 2.42. The highest BCUT2D eigenvalue weighted by atomic mass is 16.7. The van der Waals surface area contributed by atoms with Crippen molar-refractivity contribution in [3.63, 3.8) is 0 Å². The van der Waals surface area contributed by atoms with Gasteiger partial charge in [-0.3, -0.25) is 19.1 Å². The van der Waals surface area contributed by atoms with Crippen LogP contribution < -0.4 is 0 Å². The number of hydrogen-bond acceptors (Lipinski definition) is 4. The predicted octanol–water partition coefficient (Wildman–Crippen LogP) is 2.12. The molecule has 3 aromatic rings. The zero-order valence-corrected chi connectivity index (χ0v) is 15.4. The molecule has 4 heterocycles. The van der Waals surface area contributed by atoms with Crippen LogP contribution in [0.1, 0.15) is 35.1 Å². The van der Waals surface area contributed by atoms with E-state index >= 15 is 0 Å².